The van der Waals surface area contributed by atoms with Crippen LogP contribution in [0.15, 0.2) is 54.6 Å². The molecule has 1 aliphatic heterocycles. The molecule has 5 rings (SSSR count). The van der Waals surface area contributed by atoms with Gasteiger partial charge in [-0.2, -0.15) is 0 Å². The van der Waals surface area contributed by atoms with Crippen molar-refractivity contribution in [1.29, 1.82) is 0 Å². The normalized spacial score (nSPS) is 15.8. The van der Waals surface area contributed by atoms with Crippen LogP contribution in [0.25, 0.3) is 6.08 Å². The Morgan fingerprint density at radius 3 is 2.45 bits per heavy atom. The van der Waals surface area contributed by atoms with Crippen LogP contribution in [-0.2, 0) is 9.59 Å². The number of fused-ring (bicyclic) bond motifs is 1. The van der Waals surface area contributed by atoms with Crippen LogP contribution in [0, 0.1) is 12.8 Å². The van der Waals surface area contributed by atoms with E-state index in [-0.39, 0.29) is 36.1 Å². The second kappa shape index (κ2) is 11.6. The fourth-order valence-electron chi connectivity index (χ4n) is 4.96. The van der Waals surface area contributed by atoms with Gasteiger partial charge in [-0.15, -0.1) is 0 Å². The highest BCUT2D eigenvalue weighted by Crippen LogP contribution is 2.36. The third kappa shape index (κ3) is 5.80. The molecule has 2 aromatic carbocycles. The Labute approximate surface area is 231 Å². The highest BCUT2D eigenvalue weighted by molar-refractivity contribution is 6.05. The molecule has 0 saturated heterocycles. The minimum Gasteiger partial charge on any atom is -0.494 e. The zero-order valence-electron chi connectivity index (χ0n) is 22.0. The van der Waals surface area contributed by atoms with Gasteiger partial charge in [-0.25, -0.2) is 0 Å². The Morgan fingerprint density at radius 2 is 1.77 bits per heavy atom. The van der Waals surface area contributed by atoms with Crippen molar-refractivity contribution in [2.75, 3.05) is 6.79 Å². The molecule has 1 fully saturated rings. The smallest absolute Gasteiger partial charge is 0.244 e. The van der Waals surface area contributed by atoms with Crippen LogP contribution in [0.4, 0.5) is 0 Å². The first-order chi connectivity index (χ1) is 19.3. The molecule has 1 saturated carbocycles. The molecule has 1 aliphatic carbocycles. The molecule has 2 atom stereocenters. The number of Topliss-reactive ketones (excluding diaryl/α,β-unsaturated/α-hetero) is 1. The van der Waals surface area contributed by atoms with Crippen molar-refractivity contribution in [3.8, 4) is 23.3 Å². The van der Waals surface area contributed by atoms with Gasteiger partial charge in [0.15, 0.2) is 23.2 Å². The summed E-state index contributed by atoms with van der Waals surface area (Å²) < 4.78 is 10.7. The van der Waals surface area contributed by atoms with E-state index in [1.54, 1.807) is 24.3 Å². The summed E-state index contributed by atoms with van der Waals surface area (Å²) in [7, 11) is 0. The highest BCUT2D eigenvalue weighted by Gasteiger charge is 2.37. The average Bonchev–Trinajstić information content (AvgIpc) is 3.48. The second-order valence-corrected chi connectivity index (χ2v) is 10.0. The molecule has 1 aromatic heterocycles. The van der Waals surface area contributed by atoms with Gasteiger partial charge in [0.05, 0.1) is 24.1 Å². The molecule has 0 spiro atoms. The molecule has 208 valence electrons. The van der Waals surface area contributed by atoms with Gasteiger partial charge in [-0.05, 0) is 55.0 Å². The third-order valence-corrected chi connectivity index (χ3v) is 7.40. The molecule has 0 radical (unpaired) electrons. The molecule has 3 aromatic rings. The molecule has 10 heteroatoms. The van der Waals surface area contributed by atoms with E-state index < -0.39 is 35.6 Å². The van der Waals surface area contributed by atoms with Crippen molar-refractivity contribution in [3.05, 3.63) is 76.9 Å². The fraction of sp³-hybridized carbons (Fsp3) is 0.300. The van der Waals surface area contributed by atoms with Gasteiger partial charge >= 0.3 is 0 Å². The van der Waals surface area contributed by atoms with Gasteiger partial charge in [-0.3, -0.25) is 19.4 Å². The predicted octanol–water partition coefficient (Wildman–Crippen LogP) is 3.89. The molecule has 5 N–H and O–H groups in total. The Bertz CT molecular complexity index is 1440. The molecule has 2 heterocycles. The number of ketones is 1. The number of aromatic amines is 1. The van der Waals surface area contributed by atoms with Crippen molar-refractivity contribution in [3.63, 3.8) is 0 Å². The summed E-state index contributed by atoms with van der Waals surface area (Å²) in [6, 6.07) is 12.9. The minimum atomic E-state index is -0.862. The van der Waals surface area contributed by atoms with Crippen LogP contribution >= 0.6 is 0 Å². The predicted molar refractivity (Wildman–Crippen MR) is 146 cm³/mol. The Morgan fingerprint density at radius 1 is 1.02 bits per heavy atom. The standard InChI is InChI=1S/C30H31N3O7/c1-17-26(30(38)33-29(17)37)28(36)27(20-8-5-9-20)32-25(35)15-21(19-6-3-2-4-7-19)31-24(34)13-11-18-10-12-22-23(14-18)40-16-39-22/h2-4,6-7,10-14,20-21,27,33,37-38H,5,8-9,15-16H2,1H3,(H,31,34)(H,32,35)/t21-,27?/m0/s1. The topological polar surface area (TPSA) is 150 Å². The zero-order valence-corrected chi connectivity index (χ0v) is 22.0. The summed E-state index contributed by atoms with van der Waals surface area (Å²) >= 11 is 0. The van der Waals surface area contributed by atoms with Crippen LogP contribution in [0.2, 0.25) is 0 Å². The van der Waals surface area contributed by atoms with Crippen LogP contribution in [-0.4, -0.2) is 45.6 Å². The first-order valence-corrected chi connectivity index (χ1v) is 13.2. The largest absolute Gasteiger partial charge is 0.494 e. The summed E-state index contributed by atoms with van der Waals surface area (Å²) in [6.45, 7) is 1.68. The van der Waals surface area contributed by atoms with Gasteiger partial charge < -0.3 is 30.3 Å². The molecule has 2 amide bonds. The summed E-state index contributed by atoms with van der Waals surface area (Å²) in [5.74, 6) is -0.824. The van der Waals surface area contributed by atoms with Crippen molar-refractivity contribution < 1.29 is 34.1 Å². The lowest BCUT2D eigenvalue weighted by molar-refractivity contribution is -0.123. The van der Waals surface area contributed by atoms with E-state index in [4.69, 9.17) is 9.47 Å². The van der Waals surface area contributed by atoms with E-state index >= 15 is 0 Å². The molecular weight excluding hydrogens is 514 g/mol. The van der Waals surface area contributed by atoms with Crippen molar-refractivity contribution in [2.45, 2.75) is 44.7 Å². The van der Waals surface area contributed by atoms with Gasteiger partial charge in [0.1, 0.15) is 0 Å². The van der Waals surface area contributed by atoms with Crippen molar-refractivity contribution >= 4 is 23.7 Å². The van der Waals surface area contributed by atoms with Gasteiger partial charge in [-0.1, -0.05) is 42.8 Å². The Balaban J connectivity index is 1.29. The van der Waals surface area contributed by atoms with Gasteiger partial charge in [0.2, 0.25) is 24.5 Å². The summed E-state index contributed by atoms with van der Waals surface area (Å²) in [5, 5.41) is 25.9. The molecule has 10 nitrogen and oxygen atoms in total. The zero-order chi connectivity index (χ0) is 28.2. The number of carbonyl (C=O) groups excluding carboxylic acids is 3. The monoisotopic (exact) mass is 545 g/mol. The average molecular weight is 546 g/mol. The molecule has 0 bridgehead atoms. The van der Waals surface area contributed by atoms with Crippen LogP contribution in [0.5, 0.6) is 23.3 Å². The lowest BCUT2D eigenvalue weighted by Crippen LogP contribution is -2.49. The molecule has 40 heavy (non-hydrogen) atoms. The number of H-pyrrole nitrogens is 1. The maximum absolute atomic E-state index is 13.4. The molecule has 2 aliphatic rings. The number of aromatic nitrogens is 1. The second-order valence-electron chi connectivity index (χ2n) is 10.0. The van der Waals surface area contributed by atoms with Crippen LogP contribution in [0.3, 0.4) is 0 Å². The number of aromatic hydroxyl groups is 2. The van der Waals surface area contributed by atoms with E-state index in [9.17, 15) is 24.6 Å². The van der Waals surface area contributed by atoms with Crippen LogP contribution in [0.1, 0.15) is 58.8 Å². The van der Waals surface area contributed by atoms with E-state index in [1.165, 1.54) is 13.0 Å². The minimum absolute atomic E-state index is 0.0312. The SMILES string of the molecule is Cc1c(O)[nH]c(O)c1C(=O)C(NC(=O)C[C@H](NC(=O)C=Cc1ccc2c(c1)OCO2)c1ccccc1)C1CCC1. The van der Waals surface area contributed by atoms with Crippen molar-refractivity contribution in [1.82, 2.24) is 15.6 Å². The van der Waals surface area contributed by atoms with Crippen LogP contribution < -0.4 is 20.1 Å². The van der Waals surface area contributed by atoms with E-state index in [0.29, 0.717) is 11.5 Å². The van der Waals surface area contributed by atoms with E-state index in [2.05, 4.69) is 15.6 Å². The maximum Gasteiger partial charge on any atom is 0.244 e. The Hall–Kier alpha value is -4.73. The first kappa shape index (κ1) is 26.9. The lowest BCUT2D eigenvalue weighted by atomic mass is 9.77. The Kier molecular flexibility index (Phi) is 7.77. The highest BCUT2D eigenvalue weighted by atomic mass is 16.7. The number of carbonyl (C=O) groups is 3. The number of hydrogen-bond donors (Lipinski definition) is 5. The summed E-state index contributed by atoms with van der Waals surface area (Å²) in [4.78, 5) is 41.9. The number of nitrogens with one attached hydrogen (secondary N) is 3. The summed E-state index contributed by atoms with van der Waals surface area (Å²) in [5.41, 5.74) is 1.68. The number of hydrogen-bond acceptors (Lipinski definition) is 7. The molecular formula is C30H31N3O7. The quantitative estimate of drug-likeness (QED) is 0.192. The maximum atomic E-state index is 13.4. The fourth-order valence-corrected chi connectivity index (χ4v) is 4.96. The van der Waals surface area contributed by atoms with E-state index in [0.717, 1.165) is 30.4 Å². The number of ether oxygens (including phenoxy) is 2. The number of amides is 2. The number of benzene rings is 2. The summed E-state index contributed by atoms with van der Waals surface area (Å²) in [6.07, 6.45) is 5.38. The first-order valence-electron chi connectivity index (χ1n) is 13.2. The number of rotatable bonds is 10. The van der Waals surface area contributed by atoms with Crippen molar-refractivity contribution in [2.24, 2.45) is 5.92 Å². The van der Waals surface area contributed by atoms with Gasteiger partial charge in [0, 0.05) is 11.6 Å². The van der Waals surface area contributed by atoms with Gasteiger partial charge in [0.25, 0.3) is 0 Å². The van der Waals surface area contributed by atoms with E-state index in [1.807, 2.05) is 30.3 Å². The molecule has 1 unspecified atom stereocenters. The lowest BCUT2D eigenvalue weighted by Gasteiger charge is -2.33. The third-order valence-electron chi connectivity index (χ3n) is 7.40.